The molecule has 0 saturated heterocycles. The van der Waals surface area contributed by atoms with Crippen LogP contribution >= 0.6 is 12.2 Å². The van der Waals surface area contributed by atoms with Crippen molar-refractivity contribution in [3.05, 3.63) is 42.4 Å². The summed E-state index contributed by atoms with van der Waals surface area (Å²) in [4.78, 5) is 16.1. The fourth-order valence-corrected chi connectivity index (χ4v) is 2.04. The molecule has 0 spiro atoms. The Kier molecular flexibility index (Phi) is 7.03. The normalized spacial score (nSPS) is 10.0. The zero-order chi connectivity index (χ0) is 17.2. The van der Waals surface area contributed by atoms with Crippen molar-refractivity contribution in [2.24, 2.45) is 0 Å². The number of carbonyl (C=O) groups is 1. The van der Waals surface area contributed by atoms with Crippen LogP contribution in [0, 0.1) is 0 Å². The summed E-state index contributed by atoms with van der Waals surface area (Å²) in [5, 5.41) is 12.9. The molecule has 2 aromatic rings. The molecule has 8 heteroatoms. The maximum Gasteiger partial charge on any atom is 0.259 e. The van der Waals surface area contributed by atoms with E-state index in [1.807, 2.05) is 0 Å². The molecule has 0 aliphatic rings. The number of pyridine rings is 1. The van der Waals surface area contributed by atoms with E-state index < -0.39 is 0 Å². The van der Waals surface area contributed by atoms with E-state index >= 15 is 0 Å². The molecule has 0 unspecified atom stereocenters. The molecule has 7 nitrogen and oxygen atoms in total. The van der Waals surface area contributed by atoms with Crippen LogP contribution < -0.4 is 15.4 Å². The molecular formula is C16H19N5O2S. The number of nitrogens with zero attached hydrogens (tertiary/aromatic N) is 3. The van der Waals surface area contributed by atoms with Crippen LogP contribution in [0.1, 0.15) is 36.5 Å². The molecule has 0 radical (unpaired) electrons. The van der Waals surface area contributed by atoms with Crippen LogP contribution in [0.3, 0.4) is 0 Å². The second kappa shape index (κ2) is 9.51. The number of rotatable bonds is 7. The smallest absolute Gasteiger partial charge is 0.259 e. The molecule has 2 N–H and O–H groups in total. The first-order valence-electron chi connectivity index (χ1n) is 7.67. The summed E-state index contributed by atoms with van der Waals surface area (Å²) < 4.78 is 5.54. The van der Waals surface area contributed by atoms with Crippen molar-refractivity contribution in [1.29, 1.82) is 0 Å². The van der Waals surface area contributed by atoms with Gasteiger partial charge in [-0.1, -0.05) is 19.8 Å². The van der Waals surface area contributed by atoms with Gasteiger partial charge in [-0.15, -0.1) is 0 Å². The van der Waals surface area contributed by atoms with Gasteiger partial charge in [0.1, 0.15) is 0 Å². The van der Waals surface area contributed by atoms with E-state index in [9.17, 15) is 4.79 Å². The number of hydrogen-bond acceptors (Lipinski definition) is 6. The summed E-state index contributed by atoms with van der Waals surface area (Å²) in [6.45, 7) is 2.80. The van der Waals surface area contributed by atoms with Gasteiger partial charge in [0, 0.05) is 6.07 Å². The predicted octanol–water partition coefficient (Wildman–Crippen LogP) is 2.57. The number of carbonyl (C=O) groups excluding carboxylic acids is 1. The lowest BCUT2D eigenvalue weighted by Crippen LogP contribution is -2.34. The lowest BCUT2D eigenvalue weighted by molar-refractivity contribution is 0.0977. The lowest BCUT2D eigenvalue weighted by Gasteiger charge is -2.10. The third kappa shape index (κ3) is 5.88. The van der Waals surface area contributed by atoms with E-state index in [1.54, 1.807) is 24.4 Å². The van der Waals surface area contributed by atoms with Gasteiger partial charge in [-0.2, -0.15) is 10.2 Å². The van der Waals surface area contributed by atoms with Gasteiger partial charge in [0.2, 0.25) is 5.88 Å². The molecule has 0 aliphatic carbocycles. The van der Waals surface area contributed by atoms with E-state index in [1.165, 1.54) is 12.4 Å². The Hall–Kier alpha value is -2.61. The highest BCUT2D eigenvalue weighted by Crippen LogP contribution is 2.12. The van der Waals surface area contributed by atoms with Crippen molar-refractivity contribution >= 4 is 28.9 Å². The number of aromatic nitrogens is 3. The Bertz CT molecular complexity index is 664. The minimum atomic E-state index is -0.355. The van der Waals surface area contributed by atoms with Gasteiger partial charge < -0.3 is 10.1 Å². The standard InChI is InChI=1S/C16H19N5O2S/c1-2-3-4-9-23-14-6-5-13(11-17-14)20-16(24)21-15(22)12-7-8-18-19-10-12/h5-8,10-11H,2-4,9H2,1H3,(H2,20,21,22,24). The minimum Gasteiger partial charge on any atom is -0.478 e. The molecule has 0 fully saturated rings. The SMILES string of the molecule is CCCCCOc1ccc(NC(=S)NC(=O)c2ccnnc2)cn1. The van der Waals surface area contributed by atoms with Crippen molar-refractivity contribution < 1.29 is 9.53 Å². The molecule has 0 atom stereocenters. The predicted molar refractivity (Wildman–Crippen MR) is 95.0 cm³/mol. The number of unbranched alkanes of at least 4 members (excludes halogenated alkanes) is 2. The van der Waals surface area contributed by atoms with Gasteiger partial charge in [0.25, 0.3) is 5.91 Å². The van der Waals surface area contributed by atoms with E-state index in [2.05, 4.69) is 32.7 Å². The van der Waals surface area contributed by atoms with Crippen molar-refractivity contribution in [3.8, 4) is 5.88 Å². The van der Waals surface area contributed by atoms with Gasteiger partial charge in [0.15, 0.2) is 5.11 Å². The molecule has 0 aliphatic heterocycles. The van der Waals surface area contributed by atoms with E-state index in [0.29, 0.717) is 23.7 Å². The second-order valence-electron chi connectivity index (χ2n) is 4.98. The number of hydrogen-bond donors (Lipinski definition) is 2. The molecule has 0 aromatic carbocycles. The average Bonchev–Trinajstić information content (AvgIpc) is 2.61. The third-order valence-corrected chi connectivity index (χ3v) is 3.27. The van der Waals surface area contributed by atoms with Gasteiger partial charge in [-0.05, 0) is 30.8 Å². The monoisotopic (exact) mass is 345 g/mol. The Morgan fingerprint density at radius 2 is 2.08 bits per heavy atom. The minimum absolute atomic E-state index is 0.176. The average molecular weight is 345 g/mol. The maximum absolute atomic E-state index is 11.9. The molecule has 126 valence electrons. The number of anilines is 1. The van der Waals surface area contributed by atoms with Gasteiger partial charge in [0.05, 0.1) is 36.4 Å². The van der Waals surface area contributed by atoms with Crippen LogP contribution in [0.2, 0.25) is 0 Å². The van der Waals surface area contributed by atoms with Crippen molar-refractivity contribution in [1.82, 2.24) is 20.5 Å². The van der Waals surface area contributed by atoms with Crippen molar-refractivity contribution in [3.63, 3.8) is 0 Å². The summed E-state index contributed by atoms with van der Waals surface area (Å²) in [5.74, 6) is 0.209. The Morgan fingerprint density at radius 3 is 2.75 bits per heavy atom. The first kappa shape index (κ1) is 17.7. The highest BCUT2D eigenvalue weighted by Gasteiger charge is 2.08. The molecular weight excluding hydrogens is 326 g/mol. The fraction of sp³-hybridized carbons (Fsp3) is 0.312. The van der Waals surface area contributed by atoms with E-state index in [4.69, 9.17) is 17.0 Å². The van der Waals surface area contributed by atoms with Crippen molar-refractivity contribution in [2.75, 3.05) is 11.9 Å². The largest absolute Gasteiger partial charge is 0.478 e. The Balaban J connectivity index is 1.80. The molecule has 2 rings (SSSR count). The number of amides is 1. The second-order valence-corrected chi connectivity index (χ2v) is 5.39. The van der Waals surface area contributed by atoms with Crippen LogP contribution in [0.15, 0.2) is 36.8 Å². The highest BCUT2D eigenvalue weighted by atomic mass is 32.1. The Labute approximate surface area is 145 Å². The molecule has 0 bridgehead atoms. The third-order valence-electron chi connectivity index (χ3n) is 3.07. The molecule has 0 saturated carbocycles. The number of nitrogens with one attached hydrogen (secondary N) is 2. The Morgan fingerprint density at radius 1 is 1.21 bits per heavy atom. The van der Waals surface area contributed by atoms with E-state index in [-0.39, 0.29) is 11.0 Å². The number of thiocarbonyl (C=S) groups is 1. The first-order chi connectivity index (χ1) is 11.7. The molecule has 2 heterocycles. The van der Waals surface area contributed by atoms with Gasteiger partial charge >= 0.3 is 0 Å². The summed E-state index contributed by atoms with van der Waals surface area (Å²) in [7, 11) is 0. The number of ether oxygens (including phenoxy) is 1. The fourth-order valence-electron chi connectivity index (χ4n) is 1.83. The summed E-state index contributed by atoms with van der Waals surface area (Å²) in [6.07, 6.45) is 7.71. The lowest BCUT2D eigenvalue weighted by atomic mass is 10.3. The summed E-state index contributed by atoms with van der Waals surface area (Å²) in [5.41, 5.74) is 1.04. The molecule has 24 heavy (non-hydrogen) atoms. The highest BCUT2D eigenvalue weighted by molar-refractivity contribution is 7.80. The van der Waals surface area contributed by atoms with Crippen LogP contribution in [0.25, 0.3) is 0 Å². The van der Waals surface area contributed by atoms with Crippen LogP contribution in [-0.2, 0) is 0 Å². The molecule has 1 amide bonds. The van der Waals surface area contributed by atoms with Crippen LogP contribution in [-0.4, -0.2) is 32.8 Å². The zero-order valence-electron chi connectivity index (χ0n) is 13.4. The summed E-state index contributed by atoms with van der Waals surface area (Å²) >= 11 is 5.11. The van der Waals surface area contributed by atoms with Gasteiger partial charge in [-0.3, -0.25) is 10.1 Å². The van der Waals surface area contributed by atoms with E-state index in [0.717, 1.165) is 19.3 Å². The summed E-state index contributed by atoms with van der Waals surface area (Å²) in [6, 6.07) is 5.09. The van der Waals surface area contributed by atoms with Gasteiger partial charge in [-0.25, -0.2) is 4.98 Å². The van der Waals surface area contributed by atoms with Crippen LogP contribution in [0.4, 0.5) is 5.69 Å². The maximum atomic E-state index is 11.9. The topological polar surface area (TPSA) is 89.0 Å². The van der Waals surface area contributed by atoms with Crippen molar-refractivity contribution in [2.45, 2.75) is 26.2 Å². The zero-order valence-corrected chi connectivity index (χ0v) is 14.2. The quantitative estimate of drug-likeness (QED) is 0.589. The first-order valence-corrected chi connectivity index (χ1v) is 8.07. The molecule has 2 aromatic heterocycles. The van der Waals surface area contributed by atoms with Crippen LogP contribution in [0.5, 0.6) is 5.88 Å².